The summed E-state index contributed by atoms with van der Waals surface area (Å²) in [6.07, 6.45) is 0.143. The second kappa shape index (κ2) is 8.35. The SMILES string of the molecule is O=C(Nc1nnc(CCS(=O)(=O)c2cc(Cl)ccc2Cl)s1)c1ccccc1. The van der Waals surface area contributed by atoms with Crippen molar-refractivity contribution in [2.45, 2.75) is 11.3 Å². The van der Waals surface area contributed by atoms with Crippen molar-refractivity contribution in [2.75, 3.05) is 11.1 Å². The molecule has 27 heavy (non-hydrogen) atoms. The van der Waals surface area contributed by atoms with E-state index >= 15 is 0 Å². The second-order valence-electron chi connectivity index (χ2n) is 5.46. The topological polar surface area (TPSA) is 89.0 Å². The standard InChI is InChI=1S/C17H13Cl2N3O3S2/c18-12-6-7-13(19)14(10-12)27(24,25)9-8-15-21-22-17(26-15)20-16(23)11-4-2-1-3-5-11/h1-7,10H,8-9H2,(H,20,22,23). The van der Waals surface area contributed by atoms with Crippen LogP contribution in [0.2, 0.25) is 10.0 Å². The van der Waals surface area contributed by atoms with E-state index in [2.05, 4.69) is 15.5 Å². The molecule has 0 aliphatic rings. The molecule has 6 nitrogen and oxygen atoms in total. The van der Waals surface area contributed by atoms with E-state index in [0.29, 0.717) is 20.7 Å². The molecule has 0 unspecified atom stereocenters. The van der Waals surface area contributed by atoms with Crippen LogP contribution in [0.25, 0.3) is 0 Å². The van der Waals surface area contributed by atoms with Crippen molar-refractivity contribution in [2.24, 2.45) is 0 Å². The minimum absolute atomic E-state index is 0.0150. The van der Waals surface area contributed by atoms with Gasteiger partial charge in [-0.1, -0.05) is 52.7 Å². The quantitative estimate of drug-likeness (QED) is 0.621. The number of aromatic nitrogens is 2. The number of carbonyl (C=O) groups excluding carboxylic acids is 1. The molecule has 0 aliphatic carbocycles. The summed E-state index contributed by atoms with van der Waals surface area (Å²) in [5.74, 6) is -0.509. The molecule has 1 heterocycles. The van der Waals surface area contributed by atoms with E-state index in [-0.39, 0.29) is 28.0 Å². The van der Waals surface area contributed by atoms with Gasteiger partial charge in [0, 0.05) is 17.0 Å². The number of hydrogen-bond donors (Lipinski definition) is 1. The van der Waals surface area contributed by atoms with Crippen LogP contribution >= 0.6 is 34.5 Å². The number of hydrogen-bond acceptors (Lipinski definition) is 6. The van der Waals surface area contributed by atoms with E-state index in [0.717, 1.165) is 11.3 Å². The molecule has 1 aromatic heterocycles. The zero-order chi connectivity index (χ0) is 19.4. The first-order chi connectivity index (χ1) is 12.8. The van der Waals surface area contributed by atoms with Crippen molar-refractivity contribution in [1.29, 1.82) is 0 Å². The Kier molecular flexibility index (Phi) is 6.11. The second-order valence-corrected chi connectivity index (χ2v) is 9.45. The van der Waals surface area contributed by atoms with Crippen LogP contribution in [0, 0.1) is 0 Å². The van der Waals surface area contributed by atoms with Gasteiger partial charge in [-0.2, -0.15) is 0 Å². The highest BCUT2D eigenvalue weighted by Gasteiger charge is 2.20. The van der Waals surface area contributed by atoms with Crippen molar-refractivity contribution in [3.8, 4) is 0 Å². The third-order valence-electron chi connectivity index (χ3n) is 3.54. The molecule has 1 amide bonds. The smallest absolute Gasteiger partial charge is 0.257 e. The van der Waals surface area contributed by atoms with E-state index < -0.39 is 9.84 Å². The van der Waals surface area contributed by atoms with Crippen molar-refractivity contribution in [3.05, 3.63) is 69.1 Å². The number of nitrogens with one attached hydrogen (secondary N) is 1. The maximum absolute atomic E-state index is 12.5. The summed E-state index contributed by atoms with van der Waals surface area (Å²) in [6, 6.07) is 13.0. The van der Waals surface area contributed by atoms with Gasteiger partial charge in [0.05, 0.1) is 15.7 Å². The third kappa shape index (κ3) is 5.04. The average molecular weight is 442 g/mol. The predicted octanol–water partition coefficient (Wildman–Crippen LogP) is 4.11. The van der Waals surface area contributed by atoms with E-state index in [1.165, 1.54) is 18.2 Å². The van der Waals surface area contributed by atoms with Gasteiger partial charge in [-0.25, -0.2) is 8.42 Å². The molecule has 0 saturated heterocycles. The van der Waals surface area contributed by atoms with Gasteiger partial charge in [-0.3, -0.25) is 10.1 Å². The molecule has 0 fully saturated rings. The normalized spacial score (nSPS) is 11.3. The number of nitrogens with zero attached hydrogens (tertiary/aromatic N) is 2. The van der Waals surface area contributed by atoms with Gasteiger partial charge < -0.3 is 0 Å². The Morgan fingerprint density at radius 1 is 1.07 bits per heavy atom. The fraction of sp³-hybridized carbons (Fsp3) is 0.118. The molecule has 140 valence electrons. The Labute approximate surface area is 170 Å². The number of halogens is 2. The Hall–Kier alpha value is -2.00. The minimum Gasteiger partial charge on any atom is -0.296 e. The van der Waals surface area contributed by atoms with E-state index in [1.54, 1.807) is 24.3 Å². The van der Waals surface area contributed by atoms with Gasteiger partial charge in [-0.15, -0.1) is 10.2 Å². The van der Waals surface area contributed by atoms with Crippen molar-refractivity contribution >= 4 is 55.4 Å². The monoisotopic (exact) mass is 441 g/mol. The van der Waals surface area contributed by atoms with Gasteiger partial charge >= 0.3 is 0 Å². The first kappa shape index (κ1) is 19.8. The number of sulfone groups is 1. The van der Waals surface area contributed by atoms with Crippen LogP contribution in [0.4, 0.5) is 5.13 Å². The summed E-state index contributed by atoms with van der Waals surface area (Å²) in [5.41, 5.74) is 0.493. The maximum Gasteiger partial charge on any atom is 0.257 e. The fourth-order valence-electron chi connectivity index (χ4n) is 2.21. The van der Waals surface area contributed by atoms with E-state index in [1.807, 2.05) is 6.07 Å². The van der Waals surface area contributed by atoms with Crippen molar-refractivity contribution in [3.63, 3.8) is 0 Å². The summed E-state index contributed by atoms with van der Waals surface area (Å²) < 4.78 is 25.0. The number of aryl methyl sites for hydroxylation is 1. The highest BCUT2D eigenvalue weighted by atomic mass is 35.5. The summed E-state index contributed by atoms with van der Waals surface area (Å²) in [5, 5.41) is 11.7. The Morgan fingerprint density at radius 2 is 1.81 bits per heavy atom. The molecule has 1 N–H and O–H groups in total. The maximum atomic E-state index is 12.5. The van der Waals surface area contributed by atoms with Crippen LogP contribution in [0.3, 0.4) is 0 Å². The van der Waals surface area contributed by atoms with Crippen molar-refractivity contribution in [1.82, 2.24) is 10.2 Å². The molecule has 0 aliphatic heterocycles. The summed E-state index contributed by atoms with van der Waals surface area (Å²) in [4.78, 5) is 12.1. The molecular formula is C17H13Cl2N3O3S2. The van der Waals surface area contributed by atoms with Gasteiger partial charge in [-0.05, 0) is 30.3 Å². The number of amides is 1. The number of anilines is 1. The van der Waals surface area contributed by atoms with Gasteiger partial charge in [0.2, 0.25) is 5.13 Å². The lowest BCUT2D eigenvalue weighted by Crippen LogP contribution is -2.11. The Bertz CT molecular complexity index is 1070. The van der Waals surface area contributed by atoms with Crippen LogP contribution in [0.5, 0.6) is 0 Å². The molecule has 10 heteroatoms. The van der Waals surface area contributed by atoms with Gasteiger partial charge in [0.25, 0.3) is 5.91 Å². The molecule has 0 spiro atoms. The van der Waals surface area contributed by atoms with Crippen LogP contribution < -0.4 is 5.32 Å². The molecule has 3 aromatic rings. The summed E-state index contributed by atoms with van der Waals surface area (Å²) in [7, 11) is -3.63. The lowest BCUT2D eigenvalue weighted by molar-refractivity contribution is 0.102. The fourth-order valence-corrected chi connectivity index (χ4v) is 5.14. The molecule has 2 aromatic carbocycles. The van der Waals surface area contributed by atoms with E-state index in [9.17, 15) is 13.2 Å². The minimum atomic E-state index is -3.63. The highest BCUT2D eigenvalue weighted by Crippen LogP contribution is 2.27. The number of rotatable bonds is 6. The molecule has 0 bridgehead atoms. The van der Waals surface area contributed by atoms with Gasteiger partial charge in [0.15, 0.2) is 9.84 Å². The predicted molar refractivity (Wildman–Crippen MR) is 107 cm³/mol. The first-order valence-corrected chi connectivity index (χ1v) is 10.9. The zero-order valence-electron chi connectivity index (χ0n) is 13.7. The lowest BCUT2D eigenvalue weighted by Gasteiger charge is -2.06. The largest absolute Gasteiger partial charge is 0.296 e. The Balaban J connectivity index is 1.66. The van der Waals surface area contributed by atoms with Crippen LogP contribution in [0.15, 0.2) is 53.4 Å². The van der Waals surface area contributed by atoms with Crippen LogP contribution in [0.1, 0.15) is 15.4 Å². The highest BCUT2D eigenvalue weighted by molar-refractivity contribution is 7.91. The molecular weight excluding hydrogens is 429 g/mol. The molecule has 0 radical (unpaired) electrons. The third-order valence-corrected chi connectivity index (χ3v) is 6.86. The molecule has 0 atom stereocenters. The number of carbonyl (C=O) groups is 1. The number of benzene rings is 2. The summed E-state index contributed by atoms with van der Waals surface area (Å²) >= 11 is 13.0. The van der Waals surface area contributed by atoms with Gasteiger partial charge in [0.1, 0.15) is 5.01 Å². The Morgan fingerprint density at radius 3 is 2.56 bits per heavy atom. The van der Waals surface area contributed by atoms with E-state index in [4.69, 9.17) is 23.2 Å². The molecule has 3 rings (SSSR count). The zero-order valence-corrected chi connectivity index (χ0v) is 16.9. The first-order valence-electron chi connectivity index (χ1n) is 7.72. The summed E-state index contributed by atoms with van der Waals surface area (Å²) in [6.45, 7) is 0. The van der Waals surface area contributed by atoms with Crippen LogP contribution in [-0.2, 0) is 16.3 Å². The lowest BCUT2D eigenvalue weighted by atomic mass is 10.2. The van der Waals surface area contributed by atoms with Crippen LogP contribution in [-0.4, -0.2) is 30.3 Å². The average Bonchev–Trinajstić information content (AvgIpc) is 3.10. The molecule has 0 saturated carbocycles. The van der Waals surface area contributed by atoms with Crippen molar-refractivity contribution < 1.29 is 13.2 Å².